The Labute approximate surface area is 115 Å². The predicted molar refractivity (Wildman–Crippen MR) is 81.0 cm³/mol. The summed E-state index contributed by atoms with van der Waals surface area (Å²) in [5, 5.41) is 3.70. The van der Waals surface area contributed by atoms with E-state index in [0.29, 0.717) is 11.5 Å². The third-order valence-electron chi connectivity index (χ3n) is 4.52. The number of nitrogens with zero attached hydrogens (tertiary/aromatic N) is 1. The van der Waals surface area contributed by atoms with Crippen LogP contribution in [0.1, 0.15) is 60.3 Å². The van der Waals surface area contributed by atoms with Gasteiger partial charge in [-0.15, -0.1) is 0 Å². The fraction of sp³-hybridized carbons (Fsp3) is 1.00. The zero-order valence-electron chi connectivity index (χ0n) is 13.3. The van der Waals surface area contributed by atoms with Gasteiger partial charge in [-0.3, -0.25) is 0 Å². The number of hydrogen-bond acceptors (Lipinski definition) is 2. The van der Waals surface area contributed by atoms with Gasteiger partial charge in [0.2, 0.25) is 0 Å². The molecule has 1 N–H and O–H groups in total. The van der Waals surface area contributed by atoms with Gasteiger partial charge in [0, 0.05) is 19.1 Å². The monoisotopic (exact) mass is 254 g/mol. The van der Waals surface area contributed by atoms with E-state index >= 15 is 0 Å². The largest absolute Gasteiger partial charge is 0.314 e. The summed E-state index contributed by atoms with van der Waals surface area (Å²) < 4.78 is 0. The molecule has 1 aliphatic rings. The molecule has 18 heavy (non-hydrogen) atoms. The highest BCUT2D eigenvalue weighted by molar-refractivity contribution is 4.90. The third-order valence-corrected chi connectivity index (χ3v) is 4.52. The Hall–Kier alpha value is -0.0800. The van der Waals surface area contributed by atoms with Crippen molar-refractivity contribution < 1.29 is 0 Å². The van der Waals surface area contributed by atoms with Gasteiger partial charge in [-0.1, -0.05) is 47.5 Å². The Bertz CT molecular complexity index is 223. The molecular formula is C16H34N2. The predicted octanol–water partition coefficient (Wildman–Crippen LogP) is 3.52. The second-order valence-electron chi connectivity index (χ2n) is 6.70. The lowest BCUT2D eigenvalue weighted by Gasteiger charge is -2.43. The van der Waals surface area contributed by atoms with Gasteiger partial charge in [0.05, 0.1) is 0 Å². The summed E-state index contributed by atoms with van der Waals surface area (Å²) in [6, 6.07) is 0.607. The minimum atomic E-state index is 0.522. The quantitative estimate of drug-likeness (QED) is 0.748. The SMILES string of the molecule is CCN(CC)CC1(CNC(C)C)CCCC(C)C1. The zero-order valence-corrected chi connectivity index (χ0v) is 13.3. The van der Waals surface area contributed by atoms with Crippen molar-refractivity contribution in [2.45, 2.75) is 66.3 Å². The topological polar surface area (TPSA) is 15.3 Å². The van der Waals surface area contributed by atoms with Crippen LogP contribution in [-0.4, -0.2) is 37.1 Å². The molecular weight excluding hydrogens is 220 g/mol. The first kappa shape index (κ1) is 16.0. The number of rotatable bonds is 7. The highest BCUT2D eigenvalue weighted by Crippen LogP contribution is 2.39. The van der Waals surface area contributed by atoms with Crippen LogP contribution in [-0.2, 0) is 0 Å². The molecule has 0 bridgehead atoms. The Morgan fingerprint density at radius 2 is 1.94 bits per heavy atom. The summed E-state index contributed by atoms with van der Waals surface area (Å²) in [4.78, 5) is 2.61. The zero-order chi connectivity index (χ0) is 13.6. The van der Waals surface area contributed by atoms with E-state index in [2.05, 4.69) is 44.8 Å². The standard InChI is InChI=1S/C16H34N2/c1-6-18(7-2)13-16(12-17-14(3)4)10-8-9-15(5)11-16/h14-15,17H,6-13H2,1-5H3. The van der Waals surface area contributed by atoms with Crippen LogP contribution in [0.5, 0.6) is 0 Å². The molecule has 0 aromatic heterocycles. The molecule has 0 amide bonds. The molecule has 2 unspecified atom stereocenters. The van der Waals surface area contributed by atoms with Gasteiger partial charge in [0.1, 0.15) is 0 Å². The van der Waals surface area contributed by atoms with Crippen molar-refractivity contribution in [2.24, 2.45) is 11.3 Å². The minimum absolute atomic E-state index is 0.522. The molecule has 0 saturated heterocycles. The molecule has 0 spiro atoms. The van der Waals surface area contributed by atoms with E-state index in [4.69, 9.17) is 0 Å². The molecule has 2 heteroatoms. The smallest absolute Gasteiger partial charge is 0.00500 e. The molecule has 1 saturated carbocycles. The Kier molecular flexibility index (Phi) is 6.65. The van der Waals surface area contributed by atoms with Gasteiger partial charge in [-0.05, 0) is 37.3 Å². The van der Waals surface area contributed by atoms with Crippen LogP contribution in [0.4, 0.5) is 0 Å². The van der Waals surface area contributed by atoms with Crippen LogP contribution >= 0.6 is 0 Å². The molecule has 0 aromatic carbocycles. The fourth-order valence-electron chi connectivity index (χ4n) is 3.47. The summed E-state index contributed by atoms with van der Waals surface area (Å²) in [5.41, 5.74) is 0.522. The highest BCUT2D eigenvalue weighted by Gasteiger charge is 2.35. The van der Waals surface area contributed by atoms with E-state index < -0.39 is 0 Å². The first-order valence-electron chi connectivity index (χ1n) is 7.97. The summed E-state index contributed by atoms with van der Waals surface area (Å²) in [5.74, 6) is 0.906. The molecule has 1 fully saturated rings. The van der Waals surface area contributed by atoms with Crippen molar-refractivity contribution in [1.82, 2.24) is 10.2 Å². The lowest BCUT2D eigenvalue weighted by molar-refractivity contribution is 0.0829. The molecule has 1 aliphatic carbocycles. The normalized spacial score (nSPS) is 29.2. The lowest BCUT2D eigenvalue weighted by atomic mass is 9.69. The van der Waals surface area contributed by atoms with Crippen molar-refractivity contribution in [3.63, 3.8) is 0 Å². The second-order valence-corrected chi connectivity index (χ2v) is 6.70. The minimum Gasteiger partial charge on any atom is -0.314 e. The summed E-state index contributed by atoms with van der Waals surface area (Å²) in [7, 11) is 0. The molecule has 2 atom stereocenters. The second kappa shape index (κ2) is 7.49. The molecule has 108 valence electrons. The summed E-state index contributed by atoms with van der Waals surface area (Å²) in [6.07, 6.45) is 5.67. The lowest BCUT2D eigenvalue weighted by Crippen LogP contribution is -2.47. The highest BCUT2D eigenvalue weighted by atomic mass is 15.1. The van der Waals surface area contributed by atoms with Crippen LogP contribution in [0.3, 0.4) is 0 Å². The Morgan fingerprint density at radius 3 is 2.44 bits per heavy atom. The average Bonchev–Trinajstić information content (AvgIpc) is 2.34. The first-order valence-corrected chi connectivity index (χ1v) is 7.97. The van der Waals surface area contributed by atoms with Gasteiger partial charge in [0.25, 0.3) is 0 Å². The molecule has 2 nitrogen and oxygen atoms in total. The average molecular weight is 254 g/mol. The third kappa shape index (κ3) is 4.89. The van der Waals surface area contributed by atoms with Crippen molar-refractivity contribution in [2.75, 3.05) is 26.2 Å². The van der Waals surface area contributed by atoms with Crippen molar-refractivity contribution >= 4 is 0 Å². The van der Waals surface area contributed by atoms with Crippen molar-refractivity contribution in [1.29, 1.82) is 0 Å². The van der Waals surface area contributed by atoms with E-state index in [1.807, 2.05) is 0 Å². The molecule has 0 radical (unpaired) electrons. The maximum absolute atomic E-state index is 3.70. The van der Waals surface area contributed by atoms with Gasteiger partial charge < -0.3 is 10.2 Å². The van der Waals surface area contributed by atoms with E-state index in [1.54, 1.807) is 0 Å². The van der Waals surface area contributed by atoms with Gasteiger partial charge in [-0.25, -0.2) is 0 Å². The van der Waals surface area contributed by atoms with Gasteiger partial charge in [0.15, 0.2) is 0 Å². The van der Waals surface area contributed by atoms with Crippen LogP contribution < -0.4 is 5.32 Å². The number of hydrogen-bond donors (Lipinski definition) is 1. The van der Waals surface area contributed by atoms with Crippen LogP contribution in [0.25, 0.3) is 0 Å². The number of nitrogens with one attached hydrogen (secondary N) is 1. The molecule has 1 rings (SSSR count). The maximum atomic E-state index is 3.70. The Morgan fingerprint density at radius 1 is 1.28 bits per heavy atom. The van der Waals surface area contributed by atoms with Gasteiger partial charge in [-0.2, -0.15) is 0 Å². The van der Waals surface area contributed by atoms with E-state index in [1.165, 1.54) is 51.9 Å². The van der Waals surface area contributed by atoms with Crippen molar-refractivity contribution in [3.05, 3.63) is 0 Å². The summed E-state index contributed by atoms with van der Waals surface area (Å²) in [6.45, 7) is 16.4. The van der Waals surface area contributed by atoms with Crippen LogP contribution in [0.2, 0.25) is 0 Å². The maximum Gasteiger partial charge on any atom is 0.00500 e. The molecule has 0 heterocycles. The van der Waals surface area contributed by atoms with Crippen molar-refractivity contribution in [3.8, 4) is 0 Å². The first-order chi connectivity index (χ1) is 8.51. The van der Waals surface area contributed by atoms with E-state index in [-0.39, 0.29) is 0 Å². The van der Waals surface area contributed by atoms with Crippen LogP contribution in [0, 0.1) is 11.3 Å². The molecule has 0 aromatic rings. The van der Waals surface area contributed by atoms with E-state index in [0.717, 1.165) is 5.92 Å². The van der Waals surface area contributed by atoms with Gasteiger partial charge >= 0.3 is 0 Å². The summed E-state index contributed by atoms with van der Waals surface area (Å²) >= 11 is 0. The van der Waals surface area contributed by atoms with E-state index in [9.17, 15) is 0 Å². The fourth-order valence-corrected chi connectivity index (χ4v) is 3.47. The Balaban J connectivity index is 2.66. The van der Waals surface area contributed by atoms with Crippen LogP contribution in [0.15, 0.2) is 0 Å². The molecule has 0 aliphatic heterocycles.